The van der Waals surface area contributed by atoms with Crippen LogP contribution in [0.15, 0.2) is 21.5 Å². The molecule has 0 radical (unpaired) electrons. The lowest BCUT2D eigenvalue weighted by molar-refractivity contribution is 0.0545. The first-order chi connectivity index (χ1) is 8.71. The third kappa shape index (κ3) is 5.30. The standard InChI is InChI=1S/C12H16BrClO4S/c1-8(2)17-4-5-18-12-9(3)6-10(13)7-11(12)19(14,15)16/h6-8H,4-5H2,1-3H3. The van der Waals surface area contributed by atoms with Crippen molar-refractivity contribution in [3.63, 3.8) is 0 Å². The zero-order valence-corrected chi connectivity index (χ0v) is 14.1. The molecule has 0 aliphatic heterocycles. The molecule has 0 spiro atoms. The predicted octanol–water partition coefficient (Wildman–Crippen LogP) is 3.49. The zero-order valence-electron chi connectivity index (χ0n) is 10.9. The van der Waals surface area contributed by atoms with Gasteiger partial charge >= 0.3 is 0 Å². The number of aryl methyl sites for hydroxylation is 1. The first kappa shape index (κ1) is 16.8. The first-order valence-corrected chi connectivity index (χ1v) is 8.81. The second kappa shape index (κ2) is 6.92. The van der Waals surface area contributed by atoms with Crippen LogP contribution in [0, 0.1) is 6.92 Å². The second-order valence-corrected chi connectivity index (χ2v) is 7.71. The Labute approximate surface area is 126 Å². The second-order valence-electron chi connectivity index (χ2n) is 4.26. The Balaban J connectivity index is 2.93. The highest BCUT2D eigenvalue weighted by Crippen LogP contribution is 2.33. The van der Waals surface area contributed by atoms with Gasteiger partial charge in [-0.2, -0.15) is 0 Å². The minimum Gasteiger partial charge on any atom is -0.489 e. The van der Waals surface area contributed by atoms with Gasteiger partial charge in [0.15, 0.2) is 0 Å². The van der Waals surface area contributed by atoms with Gasteiger partial charge in [-0.1, -0.05) is 15.9 Å². The highest BCUT2D eigenvalue weighted by molar-refractivity contribution is 9.10. The van der Waals surface area contributed by atoms with Crippen molar-refractivity contribution < 1.29 is 17.9 Å². The van der Waals surface area contributed by atoms with E-state index in [9.17, 15) is 8.42 Å². The number of hydrogen-bond acceptors (Lipinski definition) is 4. The van der Waals surface area contributed by atoms with Crippen LogP contribution in [0.5, 0.6) is 5.75 Å². The van der Waals surface area contributed by atoms with Crippen molar-refractivity contribution in [1.29, 1.82) is 0 Å². The molecule has 1 rings (SSSR count). The van der Waals surface area contributed by atoms with E-state index in [1.165, 1.54) is 6.07 Å². The van der Waals surface area contributed by atoms with Gasteiger partial charge in [0.25, 0.3) is 9.05 Å². The largest absolute Gasteiger partial charge is 0.489 e. The summed E-state index contributed by atoms with van der Waals surface area (Å²) >= 11 is 3.24. The van der Waals surface area contributed by atoms with E-state index in [0.29, 0.717) is 16.6 Å². The van der Waals surface area contributed by atoms with E-state index in [0.717, 1.165) is 0 Å². The maximum absolute atomic E-state index is 11.5. The van der Waals surface area contributed by atoms with Gasteiger partial charge in [-0.3, -0.25) is 0 Å². The minimum absolute atomic E-state index is 0.0365. The van der Waals surface area contributed by atoms with E-state index in [2.05, 4.69) is 15.9 Å². The Morgan fingerprint density at radius 3 is 2.47 bits per heavy atom. The molecule has 4 nitrogen and oxygen atoms in total. The Morgan fingerprint density at radius 2 is 1.95 bits per heavy atom. The lowest BCUT2D eigenvalue weighted by Gasteiger charge is -2.14. The summed E-state index contributed by atoms with van der Waals surface area (Å²) in [5, 5.41) is 0. The van der Waals surface area contributed by atoms with Crippen molar-refractivity contribution in [3.8, 4) is 5.75 Å². The fraction of sp³-hybridized carbons (Fsp3) is 0.500. The van der Waals surface area contributed by atoms with Crippen LogP contribution in [-0.4, -0.2) is 27.7 Å². The Kier molecular flexibility index (Phi) is 6.11. The number of halogens is 2. The van der Waals surface area contributed by atoms with Crippen molar-refractivity contribution >= 4 is 35.7 Å². The smallest absolute Gasteiger partial charge is 0.265 e. The number of rotatable bonds is 6. The molecular weight excluding hydrogens is 356 g/mol. The molecule has 0 saturated heterocycles. The summed E-state index contributed by atoms with van der Waals surface area (Å²) in [4.78, 5) is -0.0365. The molecule has 0 N–H and O–H groups in total. The number of hydrogen-bond donors (Lipinski definition) is 0. The predicted molar refractivity (Wildman–Crippen MR) is 78.5 cm³/mol. The summed E-state index contributed by atoms with van der Waals surface area (Å²) < 4.78 is 34.5. The molecule has 7 heteroatoms. The highest BCUT2D eigenvalue weighted by atomic mass is 79.9. The van der Waals surface area contributed by atoms with E-state index in [1.807, 2.05) is 13.8 Å². The summed E-state index contributed by atoms with van der Waals surface area (Å²) in [5.74, 6) is 0.269. The fourth-order valence-electron chi connectivity index (χ4n) is 1.49. The van der Waals surface area contributed by atoms with Crippen LogP contribution in [-0.2, 0) is 13.8 Å². The molecule has 1 aromatic rings. The van der Waals surface area contributed by atoms with Crippen molar-refractivity contribution in [1.82, 2.24) is 0 Å². The molecule has 0 aliphatic carbocycles. The van der Waals surface area contributed by atoms with Crippen molar-refractivity contribution in [2.75, 3.05) is 13.2 Å². The maximum Gasteiger partial charge on any atom is 0.265 e. The summed E-state index contributed by atoms with van der Waals surface area (Å²) in [5.41, 5.74) is 0.693. The SMILES string of the molecule is Cc1cc(Br)cc(S(=O)(=O)Cl)c1OCCOC(C)C. The van der Waals surface area contributed by atoms with E-state index in [4.69, 9.17) is 20.2 Å². The summed E-state index contributed by atoms with van der Waals surface area (Å²) in [6.45, 7) is 6.24. The molecule has 108 valence electrons. The average molecular weight is 372 g/mol. The zero-order chi connectivity index (χ0) is 14.6. The van der Waals surface area contributed by atoms with Crippen LogP contribution >= 0.6 is 26.6 Å². The Bertz CT molecular complexity index is 543. The molecule has 0 heterocycles. The van der Waals surface area contributed by atoms with E-state index in [-0.39, 0.29) is 23.4 Å². The number of benzene rings is 1. The third-order valence-corrected chi connectivity index (χ3v) is 4.03. The van der Waals surface area contributed by atoms with Gasteiger partial charge in [-0.25, -0.2) is 8.42 Å². The molecule has 0 bridgehead atoms. The molecule has 19 heavy (non-hydrogen) atoms. The summed E-state index contributed by atoms with van der Waals surface area (Å²) in [6.07, 6.45) is 0.103. The maximum atomic E-state index is 11.5. The van der Waals surface area contributed by atoms with Gasteiger partial charge in [-0.05, 0) is 38.5 Å². The molecule has 0 fully saturated rings. The highest BCUT2D eigenvalue weighted by Gasteiger charge is 2.20. The van der Waals surface area contributed by atoms with Crippen LogP contribution in [0.3, 0.4) is 0 Å². The van der Waals surface area contributed by atoms with Crippen molar-refractivity contribution in [2.24, 2.45) is 0 Å². The molecular formula is C12H16BrClO4S. The van der Waals surface area contributed by atoms with Crippen molar-refractivity contribution in [2.45, 2.75) is 31.8 Å². The average Bonchev–Trinajstić information content (AvgIpc) is 2.24. The molecule has 0 saturated carbocycles. The van der Waals surface area contributed by atoms with Crippen LogP contribution in [0.2, 0.25) is 0 Å². The summed E-state index contributed by atoms with van der Waals surface area (Å²) in [7, 11) is 1.56. The van der Waals surface area contributed by atoms with Gasteiger partial charge in [0.1, 0.15) is 17.3 Å². The molecule has 0 aliphatic rings. The van der Waals surface area contributed by atoms with Gasteiger partial charge < -0.3 is 9.47 Å². The first-order valence-electron chi connectivity index (χ1n) is 5.71. The molecule has 0 unspecified atom stereocenters. The summed E-state index contributed by atoms with van der Waals surface area (Å²) in [6, 6.07) is 3.19. The Hall–Kier alpha value is -0.300. The van der Waals surface area contributed by atoms with Crippen LogP contribution < -0.4 is 4.74 Å². The van der Waals surface area contributed by atoms with Crippen LogP contribution in [0.4, 0.5) is 0 Å². The quantitative estimate of drug-likeness (QED) is 0.567. The lowest BCUT2D eigenvalue weighted by Crippen LogP contribution is -2.13. The van der Waals surface area contributed by atoms with Crippen LogP contribution in [0.1, 0.15) is 19.4 Å². The van der Waals surface area contributed by atoms with Gasteiger partial charge in [0, 0.05) is 15.2 Å². The van der Waals surface area contributed by atoms with E-state index in [1.54, 1.807) is 13.0 Å². The lowest BCUT2D eigenvalue weighted by atomic mass is 10.2. The molecule has 0 amide bonds. The van der Waals surface area contributed by atoms with Gasteiger partial charge in [0.05, 0.1) is 12.7 Å². The van der Waals surface area contributed by atoms with Crippen LogP contribution in [0.25, 0.3) is 0 Å². The molecule has 1 aromatic carbocycles. The van der Waals surface area contributed by atoms with E-state index >= 15 is 0 Å². The fourth-order valence-corrected chi connectivity index (χ4v) is 3.27. The third-order valence-electron chi connectivity index (χ3n) is 2.25. The monoisotopic (exact) mass is 370 g/mol. The minimum atomic E-state index is -3.86. The Morgan fingerprint density at radius 1 is 1.32 bits per heavy atom. The van der Waals surface area contributed by atoms with Crippen molar-refractivity contribution in [3.05, 3.63) is 22.2 Å². The van der Waals surface area contributed by atoms with E-state index < -0.39 is 9.05 Å². The topological polar surface area (TPSA) is 52.6 Å². The normalized spacial score (nSPS) is 11.9. The van der Waals surface area contributed by atoms with Gasteiger partial charge in [0.2, 0.25) is 0 Å². The van der Waals surface area contributed by atoms with Gasteiger partial charge in [-0.15, -0.1) is 0 Å². The number of ether oxygens (including phenoxy) is 2. The molecule has 0 atom stereocenters. The molecule has 0 aromatic heterocycles.